The zero-order valence-corrected chi connectivity index (χ0v) is 8.98. The summed E-state index contributed by atoms with van der Waals surface area (Å²) in [5.41, 5.74) is 6.38. The minimum absolute atomic E-state index is 0.0576. The van der Waals surface area contributed by atoms with Crippen molar-refractivity contribution in [3.8, 4) is 0 Å². The molecule has 0 bridgehead atoms. The summed E-state index contributed by atoms with van der Waals surface area (Å²) in [6.07, 6.45) is 8.24. The van der Waals surface area contributed by atoms with E-state index in [4.69, 9.17) is 5.73 Å². The van der Waals surface area contributed by atoms with Crippen LogP contribution < -0.4 is 11.3 Å². The van der Waals surface area contributed by atoms with Crippen molar-refractivity contribution < 1.29 is 0 Å². The fourth-order valence-corrected chi connectivity index (χ4v) is 2.35. The molecule has 0 unspecified atom stereocenters. The van der Waals surface area contributed by atoms with Gasteiger partial charge in [-0.15, -0.1) is 0 Å². The second-order valence-electron chi connectivity index (χ2n) is 4.43. The lowest BCUT2D eigenvalue weighted by atomic mass is 10.0. The summed E-state index contributed by atoms with van der Waals surface area (Å²) >= 11 is 0. The van der Waals surface area contributed by atoms with Crippen molar-refractivity contribution >= 4 is 5.69 Å². The van der Waals surface area contributed by atoms with Crippen molar-refractivity contribution in [1.29, 1.82) is 0 Å². The van der Waals surface area contributed by atoms with E-state index in [9.17, 15) is 4.79 Å². The van der Waals surface area contributed by atoms with Gasteiger partial charge in [0.15, 0.2) is 0 Å². The van der Waals surface area contributed by atoms with E-state index in [1.807, 2.05) is 0 Å². The first-order valence-corrected chi connectivity index (χ1v) is 5.71. The quantitative estimate of drug-likeness (QED) is 0.822. The van der Waals surface area contributed by atoms with Gasteiger partial charge in [-0.25, -0.2) is 0 Å². The zero-order chi connectivity index (χ0) is 10.7. The van der Waals surface area contributed by atoms with E-state index in [0.717, 1.165) is 18.9 Å². The maximum Gasteiger partial charge on any atom is 0.250 e. The highest BCUT2D eigenvalue weighted by molar-refractivity contribution is 5.33. The molecule has 0 aliphatic heterocycles. The topological polar surface area (TPSA) is 48.0 Å². The van der Waals surface area contributed by atoms with Gasteiger partial charge >= 0.3 is 0 Å². The lowest BCUT2D eigenvalue weighted by Gasteiger charge is -2.10. The lowest BCUT2D eigenvalue weighted by Crippen LogP contribution is -2.20. The van der Waals surface area contributed by atoms with Crippen LogP contribution >= 0.6 is 0 Å². The number of aryl methyl sites for hydroxylation is 1. The van der Waals surface area contributed by atoms with Gasteiger partial charge in [0.25, 0.3) is 5.56 Å². The van der Waals surface area contributed by atoms with Gasteiger partial charge in [0.2, 0.25) is 0 Å². The predicted octanol–water partition coefficient (Wildman–Crippen LogP) is 2.01. The molecule has 2 rings (SSSR count). The summed E-state index contributed by atoms with van der Waals surface area (Å²) in [5.74, 6) is 0.818. The van der Waals surface area contributed by atoms with Gasteiger partial charge in [0, 0.05) is 24.5 Å². The smallest absolute Gasteiger partial charge is 0.250 e. The van der Waals surface area contributed by atoms with Gasteiger partial charge in [0.1, 0.15) is 0 Å². The minimum atomic E-state index is 0.0576. The summed E-state index contributed by atoms with van der Waals surface area (Å²) in [6, 6.07) is 3.21. The van der Waals surface area contributed by atoms with Crippen molar-refractivity contribution in [2.75, 3.05) is 5.73 Å². The molecule has 1 saturated carbocycles. The van der Waals surface area contributed by atoms with Crippen molar-refractivity contribution in [2.24, 2.45) is 5.92 Å². The highest BCUT2D eigenvalue weighted by Crippen LogP contribution is 2.27. The molecule has 0 amide bonds. The standard InChI is InChI=1S/C12H18N2O/c13-11-5-6-12(15)14(9-11)8-7-10-3-1-2-4-10/h5-6,9-10H,1-4,7-8,13H2. The molecule has 0 spiro atoms. The SMILES string of the molecule is Nc1ccc(=O)n(CCC2CCCC2)c1. The number of nitrogens with zero attached hydrogens (tertiary/aromatic N) is 1. The van der Waals surface area contributed by atoms with E-state index in [-0.39, 0.29) is 5.56 Å². The maximum absolute atomic E-state index is 11.5. The largest absolute Gasteiger partial charge is 0.398 e. The van der Waals surface area contributed by atoms with Crippen LogP contribution in [0, 0.1) is 5.92 Å². The highest BCUT2D eigenvalue weighted by Gasteiger charge is 2.14. The first-order chi connectivity index (χ1) is 7.25. The molecule has 1 aromatic rings. The van der Waals surface area contributed by atoms with Crippen molar-refractivity contribution in [3.63, 3.8) is 0 Å². The van der Waals surface area contributed by atoms with Gasteiger partial charge in [-0.05, 0) is 18.4 Å². The van der Waals surface area contributed by atoms with Gasteiger partial charge in [-0.2, -0.15) is 0 Å². The fourth-order valence-electron chi connectivity index (χ4n) is 2.35. The Hall–Kier alpha value is -1.25. The van der Waals surface area contributed by atoms with Gasteiger partial charge in [-0.1, -0.05) is 25.7 Å². The fraction of sp³-hybridized carbons (Fsp3) is 0.583. The Morgan fingerprint density at radius 2 is 2.07 bits per heavy atom. The van der Waals surface area contributed by atoms with E-state index >= 15 is 0 Å². The third kappa shape index (κ3) is 2.61. The van der Waals surface area contributed by atoms with E-state index in [1.165, 1.54) is 25.7 Å². The Morgan fingerprint density at radius 1 is 1.33 bits per heavy atom. The van der Waals surface area contributed by atoms with Crippen LogP contribution in [0.5, 0.6) is 0 Å². The van der Waals surface area contributed by atoms with E-state index in [0.29, 0.717) is 5.69 Å². The summed E-state index contributed by atoms with van der Waals surface area (Å²) in [4.78, 5) is 11.5. The normalized spacial score (nSPS) is 17.1. The van der Waals surface area contributed by atoms with Crippen molar-refractivity contribution in [1.82, 2.24) is 4.57 Å². The number of nitrogens with two attached hydrogens (primary N) is 1. The van der Waals surface area contributed by atoms with Crippen LogP contribution in [0.25, 0.3) is 0 Å². The minimum Gasteiger partial charge on any atom is -0.398 e. The first-order valence-electron chi connectivity index (χ1n) is 5.71. The van der Waals surface area contributed by atoms with Gasteiger partial charge in [-0.3, -0.25) is 4.79 Å². The molecule has 3 nitrogen and oxygen atoms in total. The van der Waals surface area contributed by atoms with Crippen LogP contribution in [0.1, 0.15) is 32.1 Å². The molecule has 1 heterocycles. The van der Waals surface area contributed by atoms with Crippen LogP contribution in [0.3, 0.4) is 0 Å². The van der Waals surface area contributed by atoms with E-state index in [1.54, 1.807) is 22.9 Å². The summed E-state index contributed by atoms with van der Waals surface area (Å²) in [7, 11) is 0. The van der Waals surface area contributed by atoms with Crippen LogP contribution in [-0.2, 0) is 6.54 Å². The number of anilines is 1. The molecule has 2 N–H and O–H groups in total. The monoisotopic (exact) mass is 206 g/mol. The molecule has 0 radical (unpaired) electrons. The average molecular weight is 206 g/mol. The third-order valence-electron chi connectivity index (χ3n) is 3.26. The second kappa shape index (κ2) is 4.51. The predicted molar refractivity (Wildman–Crippen MR) is 61.7 cm³/mol. The van der Waals surface area contributed by atoms with Gasteiger partial charge < -0.3 is 10.3 Å². The average Bonchev–Trinajstić information content (AvgIpc) is 2.72. The molecule has 1 aliphatic rings. The number of pyridine rings is 1. The Labute approximate surface area is 89.9 Å². The van der Waals surface area contributed by atoms with Crippen LogP contribution in [0.15, 0.2) is 23.1 Å². The summed E-state index contributed by atoms with van der Waals surface area (Å²) in [5, 5.41) is 0. The van der Waals surface area contributed by atoms with Gasteiger partial charge in [0.05, 0.1) is 0 Å². The second-order valence-corrected chi connectivity index (χ2v) is 4.43. The Morgan fingerprint density at radius 3 is 2.80 bits per heavy atom. The Balaban J connectivity index is 1.97. The Bertz CT molecular complexity index is 377. The Kier molecular flexibility index (Phi) is 3.09. The van der Waals surface area contributed by atoms with Crippen LogP contribution in [0.2, 0.25) is 0 Å². The highest BCUT2D eigenvalue weighted by atomic mass is 16.1. The number of hydrogen-bond acceptors (Lipinski definition) is 2. The molecule has 0 aromatic carbocycles. The maximum atomic E-state index is 11.5. The van der Waals surface area contributed by atoms with E-state index < -0.39 is 0 Å². The molecular formula is C12H18N2O. The molecule has 3 heteroatoms. The first kappa shape index (κ1) is 10.3. The number of rotatable bonds is 3. The number of aromatic nitrogens is 1. The number of nitrogen functional groups attached to an aromatic ring is 1. The number of hydrogen-bond donors (Lipinski definition) is 1. The zero-order valence-electron chi connectivity index (χ0n) is 8.98. The molecule has 1 fully saturated rings. The summed E-state index contributed by atoms with van der Waals surface area (Å²) in [6.45, 7) is 0.814. The molecule has 82 valence electrons. The molecule has 0 saturated heterocycles. The molecule has 0 atom stereocenters. The molecule has 1 aliphatic carbocycles. The lowest BCUT2D eigenvalue weighted by molar-refractivity contribution is 0.453. The van der Waals surface area contributed by atoms with Crippen LogP contribution in [-0.4, -0.2) is 4.57 Å². The van der Waals surface area contributed by atoms with Crippen molar-refractivity contribution in [2.45, 2.75) is 38.6 Å². The van der Waals surface area contributed by atoms with Crippen LogP contribution in [0.4, 0.5) is 5.69 Å². The molecule has 15 heavy (non-hydrogen) atoms. The van der Waals surface area contributed by atoms with Crippen molar-refractivity contribution in [3.05, 3.63) is 28.7 Å². The summed E-state index contributed by atoms with van der Waals surface area (Å²) < 4.78 is 1.73. The third-order valence-corrected chi connectivity index (χ3v) is 3.26. The molecule has 1 aromatic heterocycles. The molecular weight excluding hydrogens is 188 g/mol. The van der Waals surface area contributed by atoms with E-state index in [2.05, 4.69) is 0 Å².